The summed E-state index contributed by atoms with van der Waals surface area (Å²) in [5.41, 5.74) is 0.425. The maximum atomic E-state index is 12.9. The smallest absolute Gasteiger partial charge is 0.276 e. The molecule has 25 heavy (non-hydrogen) atoms. The van der Waals surface area contributed by atoms with Crippen molar-refractivity contribution in [1.29, 1.82) is 0 Å². The van der Waals surface area contributed by atoms with E-state index in [0.29, 0.717) is 50.5 Å². The van der Waals surface area contributed by atoms with Crippen LogP contribution in [0.15, 0.2) is 10.8 Å². The number of carbonyl (C=O) groups excluding carboxylic acids is 2. The minimum Gasteiger partial charge on any atom is -0.448 e. The molecule has 7 heteroatoms. The predicted octanol–water partition coefficient (Wildman–Crippen LogP) is 1.73. The molecule has 1 aromatic rings. The molecule has 0 saturated carbocycles. The zero-order chi connectivity index (χ0) is 17.9. The van der Waals surface area contributed by atoms with Crippen molar-refractivity contribution in [1.82, 2.24) is 14.8 Å². The second-order valence-electron chi connectivity index (χ2n) is 7.12. The van der Waals surface area contributed by atoms with Crippen molar-refractivity contribution >= 4 is 11.8 Å². The van der Waals surface area contributed by atoms with Gasteiger partial charge in [0.1, 0.15) is 5.76 Å². The van der Waals surface area contributed by atoms with E-state index in [9.17, 15) is 9.59 Å². The Morgan fingerprint density at radius 3 is 3.00 bits per heavy atom. The van der Waals surface area contributed by atoms with E-state index in [1.807, 2.05) is 16.7 Å². The third-order valence-electron chi connectivity index (χ3n) is 5.43. The van der Waals surface area contributed by atoms with Gasteiger partial charge in [0.2, 0.25) is 5.91 Å². The van der Waals surface area contributed by atoms with E-state index in [1.54, 1.807) is 7.11 Å². The summed E-state index contributed by atoms with van der Waals surface area (Å²) in [6.45, 7) is 5.24. The summed E-state index contributed by atoms with van der Waals surface area (Å²) in [6.07, 6.45) is 5.40. The largest absolute Gasteiger partial charge is 0.448 e. The van der Waals surface area contributed by atoms with E-state index >= 15 is 0 Å². The van der Waals surface area contributed by atoms with E-state index in [1.165, 1.54) is 6.39 Å². The number of amides is 2. The molecule has 2 aliphatic heterocycles. The highest BCUT2D eigenvalue weighted by Crippen LogP contribution is 2.39. The molecular formula is C18H27N3O4. The van der Waals surface area contributed by atoms with Crippen molar-refractivity contribution in [3.05, 3.63) is 17.8 Å². The molecule has 138 valence electrons. The highest BCUT2D eigenvalue weighted by atomic mass is 16.5. The lowest BCUT2D eigenvalue weighted by Crippen LogP contribution is -2.55. The van der Waals surface area contributed by atoms with Crippen molar-refractivity contribution in [3.63, 3.8) is 0 Å². The number of carbonyl (C=O) groups is 2. The second kappa shape index (κ2) is 7.56. The zero-order valence-corrected chi connectivity index (χ0v) is 15.1. The quantitative estimate of drug-likeness (QED) is 0.809. The molecule has 3 heterocycles. The Morgan fingerprint density at radius 2 is 2.24 bits per heavy atom. The molecule has 3 rings (SSSR count). The third kappa shape index (κ3) is 3.71. The number of aryl methyl sites for hydroxylation is 1. The lowest BCUT2D eigenvalue weighted by atomic mass is 9.73. The second-order valence-corrected chi connectivity index (χ2v) is 7.12. The van der Waals surface area contributed by atoms with Gasteiger partial charge < -0.3 is 19.0 Å². The van der Waals surface area contributed by atoms with Crippen LogP contribution in [0.25, 0.3) is 0 Å². The van der Waals surface area contributed by atoms with Crippen LogP contribution in [0.2, 0.25) is 0 Å². The van der Waals surface area contributed by atoms with Crippen LogP contribution in [0.3, 0.4) is 0 Å². The molecule has 2 aliphatic rings. The molecular weight excluding hydrogens is 322 g/mol. The van der Waals surface area contributed by atoms with Crippen molar-refractivity contribution in [2.24, 2.45) is 5.41 Å². The number of hydrogen-bond acceptors (Lipinski definition) is 5. The van der Waals surface area contributed by atoms with Crippen LogP contribution in [0.5, 0.6) is 0 Å². The summed E-state index contributed by atoms with van der Waals surface area (Å²) < 4.78 is 10.4. The van der Waals surface area contributed by atoms with Gasteiger partial charge in [0.25, 0.3) is 5.91 Å². The molecule has 0 unspecified atom stereocenters. The summed E-state index contributed by atoms with van der Waals surface area (Å²) in [7, 11) is 1.65. The van der Waals surface area contributed by atoms with Crippen LogP contribution in [-0.4, -0.2) is 66.5 Å². The number of piperidine rings is 2. The monoisotopic (exact) mass is 349 g/mol. The minimum absolute atomic E-state index is 0.00826. The van der Waals surface area contributed by atoms with Gasteiger partial charge in [-0.25, -0.2) is 4.98 Å². The van der Waals surface area contributed by atoms with Gasteiger partial charge in [-0.05, 0) is 19.3 Å². The highest BCUT2D eigenvalue weighted by molar-refractivity contribution is 5.93. The molecule has 2 fully saturated rings. The van der Waals surface area contributed by atoms with E-state index in [2.05, 4.69) is 4.98 Å². The van der Waals surface area contributed by atoms with Crippen molar-refractivity contribution < 1.29 is 18.7 Å². The Hall–Kier alpha value is -1.89. The highest BCUT2D eigenvalue weighted by Gasteiger charge is 2.43. The lowest BCUT2D eigenvalue weighted by molar-refractivity contribution is -0.139. The Labute approximate surface area is 148 Å². The number of methoxy groups -OCH3 is 1. The Morgan fingerprint density at radius 1 is 1.40 bits per heavy atom. The van der Waals surface area contributed by atoms with Gasteiger partial charge in [-0.1, -0.05) is 6.92 Å². The van der Waals surface area contributed by atoms with E-state index in [-0.39, 0.29) is 17.2 Å². The maximum absolute atomic E-state index is 12.9. The molecule has 0 N–H and O–H groups in total. The van der Waals surface area contributed by atoms with Crippen LogP contribution < -0.4 is 0 Å². The first-order valence-electron chi connectivity index (χ1n) is 9.07. The molecule has 2 amide bonds. The number of hydrogen-bond donors (Lipinski definition) is 0. The molecule has 1 aromatic heterocycles. The van der Waals surface area contributed by atoms with Gasteiger partial charge >= 0.3 is 0 Å². The topological polar surface area (TPSA) is 75.9 Å². The lowest BCUT2D eigenvalue weighted by Gasteiger charge is -2.48. The van der Waals surface area contributed by atoms with Gasteiger partial charge in [-0.3, -0.25) is 9.59 Å². The molecule has 2 saturated heterocycles. The number of aromatic nitrogens is 1. The van der Waals surface area contributed by atoms with Crippen LogP contribution >= 0.6 is 0 Å². The fraction of sp³-hybridized carbons (Fsp3) is 0.722. The maximum Gasteiger partial charge on any atom is 0.276 e. The van der Waals surface area contributed by atoms with Crippen LogP contribution in [0, 0.1) is 5.41 Å². The molecule has 0 bridgehead atoms. The Bertz CT molecular complexity index is 630. The van der Waals surface area contributed by atoms with E-state index in [4.69, 9.17) is 9.15 Å². The van der Waals surface area contributed by atoms with Gasteiger partial charge in [-0.15, -0.1) is 0 Å². The Balaban J connectivity index is 1.71. The number of rotatable bonds is 5. The molecule has 7 nitrogen and oxygen atoms in total. The first kappa shape index (κ1) is 17.9. The zero-order valence-electron chi connectivity index (χ0n) is 15.1. The first-order valence-corrected chi connectivity index (χ1v) is 9.07. The number of ether oxygens (including phenoxy) is 1. The minimum atomic E-state index is -0.0509. The normalized spacial score (nSPS) is 24.2. The van der Waals surface area contributed by atoms with Crippen LogP contribution in [0.1, 0.15) is 48.9 Å². The van der Waals surface area contributed by atoms with Crippen LogP contribution in [0.4, 0.5) is 0 Å². The molecule has 0 radical (unpaired) electrons. The molecule has 0 aliphatic carbocycles. The number of oxazole rings is 1. The van der Waals surface area contributed by atoms with E-state index in [0.717, 1.165) is 25.8 Å². The van der Waals surface area contributed by atoms with E-state index < -0.39 is 0 Å². The number of likely N-dealkylation sites (tertiary alicyclic amines) is 2. The fourth-order valence-corrected chi connectivity index (χ4v) is 4.07. The molecule has 1 spiro atoms. The average molecular weight is 349 g/mol. The van der Waals surface area contributed by atoms with Gasteiger partial charge in [0, 0.05) is 51.5 Å². The Kier molecular flexibility index (Phi) is 5.42. The van der Waals surface area contributed by atoms with Crippen molar-refractivity contribution in [3.8, 4) is 0 Å². The van der Waals surface area contributed by atoms with Gasteiger partial charge in [-0.2, -0.15) is 0 Å². The summed E-state index contributed by atoms with van der Waals surface area (Å²) in [6, 6.07) is 0. The summed E-state index contributed by atoms with van der Waals surface area (Å²) in [5, 5.41) is 0. The SMILES string of the molecule is CCc1ocnc1C(=O)N1CCC[C@]2(CCC(=O)N(CCOC)C2)C1. The molecule has 1 atom stereocenters. The van der Waals surface area contributed by atoms with Crippen molar-refractivity contribution in [2.75, 3.05) is 39.9 Å². The number of nitrogens with zero attached hydrogens (tertiary/aromatic N) is 3. The summed E-state index contributed by atoms with van der Waals surface area (Å²) in [5.74, 6) is 0.783. The standard InChI is InChI=1S/C18H27N3O4/c1-3-14-16(19-13-25-14)17(23)21-8-4-6-18(12-21)7-5-15(22)20(11-18)9-10-24-2/h13H,3-12H2,1-2H3/t18-/m1/s1. The van der Waals surface area contributed by atoms with Gasteiger partial charge in [0.15, 0.2) is 12.1 Å². The summed E-state index contributed by atoms with van der Waals surface area (Å²) >= 11 is 0. The van der Waals surface area contributed by atoms with Crippen molar-refractivity contribution in [2.45, 2.75) is 39.0 Å². The van der Waals surface area contributed by atoms with Crippen LogP contribution in [-0.2, 0) is 16.0 Å². The average Bonchev–Trinajstić information content (AvgIpc) is 3.11. The predicted molar refractivity (Wildman–Crippen MR) is 91.1 cm³/mol. The van der Waals surface area contributed by atoms with Gasteiger partial charge in [0.05, 0.1) is 6.61 Å². The third-order valence-corrected chi connectivity index (χ3v) is 5.43. The fourth-order valence-electron chi connectivity index (χ4n) is 4.07. The molecule has 0 aromatic carbocycles. The summed E-state index contributed by atoms with van der Waals surface area (Å²) in [4.78, 5) is 33.0. The first-order chi connectivity index (χ1) is 12.1.